The molecule has 0 fully saturated rings. The highest BCUT2D eigenvalue weighted by atomic mass is 79.9. The van der Waals surface area contributed by atoms with Gasteiger partial charge in [-0.1, -0.05) is 39.7 Å². The van der Waals surface area contributed by atoms with Crippen LogP contribution in [0.15, 0.2) is 24.3 Å². The van der Waals surface area contributed by atoms with Crippen LogP contribution in [0.4, 0.5) is 0 Å². The van der Waals surface area contributed by atoms with Gasteiger partial charge >= 0.3 is 0 Å². The van der Waals surface area contributed by atoms with Gasteiger partial charge in [0, 0.05) is 9.85 Å². The van der Waals surface area contributed by atoms with Gasteiger partial charge in [-0.2, -0.15) is 0 Å². The van der Waals surface area contributed by atoms with E-state index in [0.29, 0.717) is 0 Å². The van der Waals surface area contributed by atoms with Crippen molar-refractivity contribution in [2.24, 2.45) is 0 Å². The van der Waals surface area contributed by atoms with E-state index in [-0.39, 0.29) is 4.83 Å². The third-order valence-corrected chi connectivity index (χ3v) is 1.97. The first-order valence-electron chi connectivity index (χ1n) is 2.93. The minimum atomic E-state index is 0.131. The Hall–Kier alpha value is -0.0100. The summed E-state index contributed by atoms with van der Waals surface area (Å²) in [4.78, 5) is 0.131. The molecule has 0 spiro atoms. The number of hydrogen-bond acceptors (Lipinski definition) is 0. The molecule has 1 rings (SSSR count). The minimum absolute atomic E-state index is 0.131. The molecule has 53 valence electrons. The van der Waals surface area contributed by atoms with Gasteiger partial charge in [-0.3, -0.25) is 0 Å². The van der Waals surface area contributed by atoms with Gasteiger partial charge in [-0.25, -0.2) is 0 Å². The predicted octanol–water partition coefficient (Wildman–Crippen LogP) is 3.61. The number of rotatable bonds is 1. The summed E-state index contributed by atoms with van der Waals surface area (Å²) in [6.45, 7) is 3.81. The largest absolute Gasteiger partial charge is 0.0843 e. The van der Waals surface area contributed by atoms with E-state index in [9.17, 15) is 0 Å². The van der Waals surface area contributed by atoms with Crippen molar-refractivity contribution in [3.05, 3.63) is 41.8 Å². The third-order valence-electron chi connectivity index (χ3n) is 1.21. The maximum Gasteiger partial charge on any atom is 0.0409 e. The van der Waals surface area contributed by atoms with Crippen LogP contribution in [0.5, 0.6) is 0 Å². The van der Waals surface area contributed by atoms with Crippen LogP contribution in [0.1, 0.15) is 10.4 Å². The smallest absolute Gasteiger partial charge is 0.0409 e. The van der Waals surface area contributed by atoms with Crippen LogP contribution in [0.3, 0.4) is 0 Å². The van der Waals surface area contributed by atoms with Gasteiger partial charge in [0.25, 0.3) is 0 Å². The lowest BCUT2D eigenvalue weighted by Crippen LogP contribution is -1.81. The molecule has 0 aliphatic carbocycles. The van der Waals surface area contributed by atoms with E-state index in [4.69, 9.17) is 11.6 Å². The molecule has 0 nitrogen and oxygen atoms in total. The van der Waals surface area contributed by atoms with E-state index in [0.717, 1.165) is 10.6 Å². The molecule has 2 heteroatoms. The average Bonchev–Trinajstić information content (AvgIpc) is 1.88. The molecule has 1 aromatic carbocycles. The number of hydrogen-bond donors (Lipinski definition) is 0. The Morgan fingerprint density at radius 2 is 2.20 bits per heavy atom. The molecule has 0 N–H and O–H groups in total. The Labute approximate surface area is 74.3 Å². The molecular weight excluding hydrogens is 211 g/mol. The number of halogens is 2. The molecule has 0 heterocycles. The van der Waals surface area contributed by atoms with Crippen molar-refractivity contribution in [2.45, 2.75) is 4.83 Å². The van der Waals surface area contributed by atoms with Crippen molar-refractivity contribution in [3.8, 4) is 0 Å². The molecule has 0 aliphatic rings. The molecule has 1 unspecified atom stereocenters. The molecule has 1 aromatic rings. The minimum Gasteiger partial charge on any atom is -0.0843 e. The first-order chi connectivity index (χ1) is 4.70. The van der Waals surface area contributed by atoms with Gasteiger partial charge in [0.1, 0.15) is 0 Å². The fourth-order valence-corrected chi connectivity index (χ4v) is 1.18. The van der Waals surface area contributed by atoms with E-state index < -0.39 is 0 Å². The lowest BCUT2D eigenvalue weighted by Gasteiger charge is -2.01. The summed E-state index contributed by atoms with van der Waals surface area (Å²) >= 11 is 9.09. The second kappa shape index (κ2) is 3.40. The fraction of sp³-hybridized carbons (Fsp3) is 0.125. The molecule has 0 amide bonds. The predicted molar refractivity (Wildman–Crippen MR) is 48.5 cm³/mol. The maximum absolute atomic E-state index is 5.74. The summed E-state index contributed by atoms with van der Waals surface area (Å²) in [5.74, 6) is 0. The van der Waals surface area contributed by atoms with Crippen LogP contribution in [0.2, 0.25) is 5.02 Å². The van der Waals surface area contributed by atoms with Crippen molar-refractivity contribution in [1.29, 1.82) is 0 Å². The number of alkyl halides is 1. The second-order valence-corrected chi connectivity index (χ2v) is 3.56. The normalized spacial score (nSPS) is 13.1. The molecule has 0 aliphatic heterocycles. The maximum atomic E-state index is 5.74. The highest BCUT2D eigenvalue weighted by Gasteiger charge is 1.98. The van der Waals surface area contributed by atoms with Crippen LogP contribution >= 0.6 is 27.5 Å². The molecule has 10 heavy (non-hydrogen) atoms. The Morgan fingerprint density at radius 3 is 2.60 bits per heavy atom. The zero-order valence-electron chi connectivity index (χ0n) is 5.35. The lowest BCUT2D eigenvalue weighted by atomic mass is 10.2. The van der Waals surface area contributed by atoms with E-state index in [2.05, 4.69) is 22.9 Å². The SMILES string of the molecule is [CH2]C(Br)c1cccc(Cl)c1. The molecule has 0 saturated carbocycles. The third kappa shape index (κ3) is 1.99. The van der Waals surface area contributed by atoms with Crippen molar-refractivity contribution >= 4 is 27.5 Å². The van der Waals surface area contributed by atoms with Crippen LogP contribution in [0, 0.1) is 6.92 Å². The van der Waals surface area contributed by atoms with Gasteiger partial charge in [-0.15, -0.1) is 0 Å². The Bertz CT molecular complexity index is 220. The average molecular weight is 219 g/mol. The molecular formula is C8H7BrCl. The van der Waals surface area contributed by atoms with Crippen LogP contribution in [0.25, 0.3) is 0 Å². The van der Waals surface area contributed by atoms with Gasteiger partial charge in [0.05, 0.1) is 0 Å². The molecule has 1 radical (unpaired) electrons. The highest BCUT2D eigenvalue weighted by Crippen LogP contribution is 2.23. The second-order valence-electron chi connectivity index (χ2n) is 2.02. The van der Waals surface area contributed by atoms with E-state index >= 15 is 0 Å². The fourth-order valence-electron chi connectivity index (χ4n) is 0.701. The van der Waals surface area contributed by atoms with E-state index in [1.54, 1.807) is 0 Å². The summed E-state index contributed by atoms with van der Waals surface area (Å²) in [6, 6.07) is 7.64. The quantitative estimate of drug-likeness (QED) is 0.632. The number of benzene rings is 1. The summed E-state index contributed by atoms with van der Waals surface area (Å²) in [5.41, 5.74) is 1.10. The Balaban J connectivity index is 2.96. The Kier molecular flexibility index (Phi) is 2.75. The first-order valence-corrected chi connectivity index (χ1v) is 4.22. The van der Waals surface area contributed by atoms with Crippen molar-refractivity contribution < 1.29 is 0 Å². The molecule has 1 atom stereocenters. The summed E-state index contributed by atoms with van der Waals surface area (Å²) in [6.07, 6.45) is 0. The summed E-state index contributed by atoms with van der Waals surface area (Å²) < 4.78 is 0. The highest BCUT2D eigenvalue weighted by molar-refractivity contribution is 9.09. The molecule has 0 bridgehead atoms. The first kappa shape index (κ1) is 8.09. The van der Waals surface area contributed by atoms with Crippen molar-refractivity contribution in [1.82, 2.24) is 0 Å². The lowest BCUT2D eigenvalue weighted by molar-refractivity contribution is 1.26. The van der Waals surface area contributed by atoms with Crippen LogP contribution < -0.4 is 0 Å². The molecule has 0 aromatic heterocycles. The van der Waals surface area contributed by atoms with Gasteiger partial charge in [0.15, 0.2) is 0 Å². The zero-order valence-corrected chi connectivity index (χ0v) is 7.69. The van der Waals surface area contributed by atoms with E-state index in [1.807, 2.05) is 24.3 Å². The van der Waals surface area contributed by atoms with Gasteiger partial charge < -0.3 is 0 Å². The topological polar surface area (TPSA) is 0 Å². The summed E-state index contributed by atoms with van der Waals surface area (Å²) in [7, 11) is 0. The van der Waals surface area contributed by atoms with E-state index in [1.165, 1.54) is 0 Å². The standard InChI is InChI=1S/C8H7BrCl/c1-6(9)7-3-2-4-8(10)5-7/h2-6H,1H2. The monoisotopic (exact) mass is 217 g/mol. The van der Waals surface area contributed by atoms with Gasteiger partial charge in [0.2, 0.25) is 0 Å². The van der Waals surface area contributed by atoms with Crippen molar-refractivity contribution in [2.75, 3.05) is 0 Å². The van der Waals surface area contributed by atoms with Crippen LogP contribution in [-0.2, 0) is 0 Å². The summed E-state index contributed by atoms with van der Waals surface area (Å²) in [5, 5.41) is 0.755. The zero-order chi connectivity index (χ0) is 7.56. The Morgan fingerprint density at radius 1 is 1.50 bits per heavy atom. The van der Waals surface area contributed by atoms with Gasteiger partial charge in [-0.05, 0) is 24.6 Å². The van der Waals surface area contributed by atoms with Crippen molar-refractivity contribution in [3.63, 3.8) is 0 Å². The molecule has 0 saturated heterocycles. The van der Waals surface area contributed by atoms with Crippen LogP contribution in [-0.4, -0.2) is 0 Å².